The molecule has 0 aromatic heterocycles. The van der Waals surface area contributed by atoms with E-state index < -0.39 is 0 Å². The number of hydrogen-bond donors (Lipinski definition) is 0. The third-order valence-corrected chi connectivity index (χ3v) is 3.77. The van der Waals surface area contributed by atoms with E-state index in [1.165, 1.54) is 11.1 Å². The predicted octanol–water partition coefficient (Wildman–Crippen LogP) is 3.72. The number of ketones is 1. The van der Waals surface area contributed by atoms with Gasteiger partial charge in [0.1, 0.15) is 5.78 Å². The van der Waals surface area contributed by atoms with Gasteiger partial charge in [-0.05, 0) is 29.9 Å². The Morgan fingerprint density at radius 1 is 1.44 bits per heavy atom. The summed E-state index contributed by atoms with van der Waals surface area (Å²) in [4.78, 5) is 12.2. The van der Waals surface area contributed by atoms with Crippen LogP contribution in [0.2, 0.25) is 0 Å². The molecule has 1 aromatic rings. The van der Waals surface area contributed by atoms with Crippen molar-refractivity contribution in [2.24, 2.45) is 5.92 Å². The van der Waals surface area contributed by atoms with E-state index in [9.17, 15) is 4.79 Å². The predicted molar refractivity (Wildman–Crippen MR) is 66.6 cm³/mol. The quantitative estimate of drug-likeness (QED) is 0.749. The molecule has 0 amide bonds. The zero-order valence-electron chi connectivity index (χ0n) is 10.2. The zero-order valence-corrected chi connectivity index (χ0v) is 10.2. The van der Waals surface area contributed by atoms with Crippen molar-refractivity contribution in [3.63, 3.8) is 0 Å². The Balaban J connectivity index is 2.10. The second-order valence-corrected chi connectivity index (χ2v) is 4.97. The van der Waals surface area contributed by atoms with Gasteiger partial charge in [0, 0.05) is 12.3 Å². The van der Waals surface area contributed by atoms with Crippen LogP contribution in [-0.4, -0.2) is 5.78 Å². The number of aryl methyl sites for hydroxylation is 1. The molecule has 0 saturated heterocycles. The van der Waals surface area contributed by atoms with Gasteiger partial charge < -0.3 is 0 Å². The van der Waals surface area contributed by atoms with Crippen LogP contribution in [0.4, 0.5) is 0 Å². The van der Waals surface area contributed by atoms with E-state index in [1.807, 2.05) is 6.07 Å². The number of hydrogen-bond acceptors (Lipinski definition) is 1. The molecule has 0 heterocycles. The van der Waals surface area contributed by atoms with Crippen molar-refractivity contribution in [1.29, 1.82) is 0 Å². The molecule has 0 radical (unpaired) electrons. The van der Waals surface area contributed by atoms with Gasteiger partial charge in [0.25, 0.3) is 0 Å². The third kappa shape index (κ3) is 2.18. The first-order valence-corrected chi connectivity index (χ1v) is 6.33. The summed E-state index contributed by atoms with van der Waals surface area (Å²) in [5.41, 5.74) is 2.67. The van der Waals surface area contributed by atoms with Crippen molar-refractivity contribution in [2.75, 3.05) is 0 Å². The van der Waals surface area contributed by atoms with E-state index in [-0.39, 0.29) is 5.92 Å². The molecule has 0 fully saturated rings. The van der Waals surface area contributed by atoms with Crippen molar-refractivity contribution in [3.8, 4) is 0 Å². The van der Waals surface area contributed by atoms with E-state index in [2.05, 4.69) is 32.0 Å². The monoisotopic (exact) mass is 216 g/mol. The fraction of sp³-hybridized carbons (Fsp3) is 0.533. The van der Waals surface area contributed by atoms with E-state index in [4.69, 9.17) is 0 Å². The van der Waals surface area contributed by atoms with Crippen molar-refractivity contribution < 1.29 is 4.79 Å². The first-order chi connectivity index (χ1) is 7.72. The minimum absolute atomic E-state index is 0.185. The van der Waals surface area contributed by atoms with Gasteiger partial charge >= 0.3 is 0 Å². The molecular weight excluding hydrogens is 196 g/mol. The standard InChI is InChI=1S/C15H20O/c1-3-11(2)10-15(16)14-9-8-12-6-4-5-7-13(12)14/h4-7,11,14H,3,8-10H2,1-2H3. The normalized spacial score (nSPS) is 20.5. The van der Waals surface area contributed by atoms with Crippen LogP contribution >= 0.6 is 0 Å². The second-order valence-electron chi connectivity index (χ2n) is 4.97. The number of Topliss-reactive ketones (excluding diaryl/α,β-unsaturated/α-hetero) is 1. The van der Waals surface area contributed by atoms with E-state index >= 15 is 0 Å². The lowest BCUT2D eigenvalue weighted by Gasteiger charge is -2.13. The molecule has 2 rings (SSSR count). The van der Waals surface area contributed by atoms with Gasteiger partial charge in [-0.2, -0.15) is 0 Å². The summed E-state index contributed by atoms with van der Waals surface area (Å²) in [6.45, 7) is 4.32. The summed E-state index contributed by atoms with van der Waals surface area (Å²) in [5.74, 6) is 1.16. The number of carbonyl (C=O) groups excluding carboxylic acids is 1. The Kier molecular flexibility index (Phi) is 3.42. The summed E-state index contributed by atoms with van der Waals surface area (Å²) in [6.07, 6.45) is 3.94. The maximum absolute atomic E-state index is 12.2. The van der Waals surface area contributed by atoms with Gasteiger partial charge in [-0.3, -0.25) is 4.79 Å². The Morgan fingerprint density at radius 3 is 2.94 bits per heavy atom. The van der Waals surface area contributed by atoms with Gasteiger partial charge in [-0.15, -0.1) is 0 Å². The highest BCUT2D eigenvalue weighted by Crippen LogP contribution is 2.34. The minimum atomic E-state index is 0.185. The van der Waals surface area contributed by atoms with Crippen molar-refractivity contribution >= 4 is 5.78 Å². The molecule has 0 spiro atoms. The van der Waals surface area contributed by atoms with Gasteiger partial charge in [0.15, 0.2) is 0 Å². The fourth-order valence-electron chi connectivity index (χ4n) is 2.52. The van der Waals surface area contributed by atoms with Crippen LogP contribution in [-0.2, 0) is 11.2 Å². The van der Waals surface area contributed by atoms with Crippen LogP contribution in [0, 0.1) is 5.92 Å². The van der Waals surface area contributed by atoms with Crippen LogP contribution in [0.1, 0.15) is 50.2 Å². The molecule has 0 bridgehead atoms. The smallest absolute Gasteiger partial charge is 0.140 e. The highest BCUT2D eigenvalue weighted by atomic mass is 16.1. The van der Waals surface area contributed by atoms with Crippen LogP contribution in [0.5, 0.6) is 0 Å². The highest BCUT2D eigenvalue weighted by molar-refractivity contribution is 5.87. The second kappa shape index (κ2) is 4.82. The molecule has 0 N–H and O–H groups in total. The molecular formula is C15H20O. The molecule has 2 unspecified atom stereocenters. The van der Waals surface area contributed by atoms with E-state index in [1.54, 1.807) is 0 Å². The highest BCUT2D eigenvalue weighted by Gasteiger charge is 2.28. The maximum atomic E-state index is 12.2. The van der Waals surface area contributed by atoms with Crippen LogP contribution in [0.3, 0.4) is 0 Å². The summed E-state index contributed by atoms with van der Waals surface area (Å²) >= 11 is 0. The molecule has 2 atom stereocenters. The average Bonchev–Trinajstić information content (AvgIpc) is 2.72. The first kappa shape index (κ1) is 11.4. The summed E-state index contributed by atoms with van der Waals surface area (Å²) in [5, 5.41) is 0. The molecule has 16 heavy (non-hydrogen) atoms. The molecule has 1 nitrogen and oxygen atoms in total. The van der Waals surface area contributed by atoms with Crippen LogP contribution < -0.4 is 0 Å². The average molecular weight is 216 g/mol. The zero-order chi connectivity index (χ0) is 11.5. The molecule has 0 saturated carbocycles. The van der Waals surface area contributed by atoms with Crippen LogP contribution in [0.25, 0.3) is 0 Å². The topological polar surface area (TPSA) is 17.1 Å². The Morgan fingerprint density at radius 2 is 2.19 bits per heavy atom. The van der Waals surface area contributed by atoms with Crippen molar-refractivity contribution in [1.82, 2.24) is 0 Å². The maximum Gasteiger partial charge on any atom is 0.140 e. The lowest BCUT2D eigenvalue weighted by atomic mass is 9.90. The van der Waals surface area contributed by atoms with Gasteiger partial charge in [0.05, 0.1) is 0 Å². The fourth-order valence-corrected chi connectivity index (χ4v) is 2.52. The molecule has 1 aliphatic carbocycles. The number of fused-ring (bicyclic) bond motifs is 1. The largest absolute Gasteiger partial charge is 0.299 e. The van der Waals surface area contributed by atoms with Gasteiger partial charge in [0.2, 0.25) is 0 Å². The summed E-state index contributed by atoms with van der Waals surface area (Å²) in [6, 6.07) is 8.40. The SMILES string of the molecule is CCC(C)CC(=O)C1CCc2ccccc21. The van der Waals surface area contributed by atoms with Gasteiger partial charge in [-0.25, -0.2) is 0 Å². The molecule has 0 aliphatic heterocycles. The van der Waals surface area contributed by atoms with Crippen LogP contribution in [0.15, 0.2) is 24.3 Å². The number of benzene rings is 1. The number of rotatable bonds is 4. The summed E-state index contributed by atoms with van der Waals surface area (Å²) in [7, 11) is 0. The lowest BCUT2D eigenvalue weighted by Crippen LogP contribution is -2.13. The Hall–Kier alpha value is -1.11. The molecule has 86 valence electrons. The summed E-state index contributed by atoms with van der Waals surface area (Å²) < 4.78 is 0. The van der Waals surface area contributed by atoms with Gasteiger partial charge in [-0.1, -0.05) is 44.5 Å². The molecule has 1 aromatic carbocycles. The Labute approximate surface area is 97.9 Å². The first-order valence-electron chi connectivity index (χ1n) is 6.33. The molecule has 1 aliphatic rings. The molecule has 1 heteroatoms. The Bertz CT molecular complexity index is 381. The minimum Gasteiger partial charge on any atom is -0.299 e. The number of carbonyl (C=O) groups is 1. The van der Waals surface area contributed by atoms with Crippen molar-refractivity contribution in [2.45, 2.75) is 45.4 Å². The van der Waals surface area contributed by atoms with Crippen molar-refractivity contribution in [3.05, 3.63) is 35.4 Å². The third-order valence-electron chi connectivity index (χ3n) is 3.77. The van der Waals surface area contributed by atoms with E-state index in [0.29, 0.717) is 11.7 Å². The van der Waals surface area contributed by atoms with E-state index in [0.717, 1.165) is 25.7 Å². The lowest BCUT2D eigenvalue weighted by molar-refractivity contribution is -0.121.